The summed E-state index contributed by atoms with van der Waals surface area (Å²) in [4.78, 5) is 9.44. The molecule has 0 N–H and O–H groups in total. The molecule has 1 aliphatic carbocycles. The van der Waals surface area contributed by atoms with Crippen molar-refractivity contribution < 1.29 is 95.3 Å². The summed E-state index contributed by atoms with van der Waals surface area (Å²) in [5.41, 5.74) is 13.8. The molecule has 12 rings (SSSR count). The van der Waals surface area contributed by atoms with Crippen LogP contribution in [0.4, 0.5) is 35.1 Å². The van der Waals surface area contributed by atoms with Crippen LogP contribution < -0.4 is 9.47 Å². The summed E-state index contributed by atoms with van der Waals surface area (Å²) >= 11 is 1.75. The molecule has 1 unspecified atom stereocenters. The van der Waals surface area contributed by atoms with Crippen molar-refractivity contribution in [1.82, 2.24) is 0 Å². The molecule has 1 radical (unpaired) electrons. The van der Waals surface area contributed by atoms with Gasteiger partial charge >= 0.3 is 12.4 Å². The van der Waals surface area contributed by atoms with Crippen LogP contribution in [0.5, 0.6) is 23.0 Å². The number of halogens is 8. The number of rotatable bonds is 6. The van der Waals surface area contributed by atoms with Gasteiger partial charge in [-0.3, -0.25) is 8.78 Å². The summed E-state index contributed by atoms with van der Waals surface area (Å²) in [6.45, 7) is 40.6. The third kappa shape index (κ3) is 56.2. The minimum Gasteiger partial charge on any atom is -0.457 e. The second-order valence-corrected chi connectivity index (χ2v) is 31.3. The SMILES string of the molecule is C.C.CC.CC.CC(C)(C(F)(F)F)C(F)(F)F.CC(C)=O.CCC.CCF.CF.COC.CS(C)(=O)=O.CSC.Cc1cc[c-]cc1.Cc1cc[c-]cc1.Cc1ccc(C2(C)CC(C)(C)c3ccccc32)cc1.Cc1cccc(Oc2ccc(-c3ccc(Oc4cccc(C)c4)cc3)cc2)c1.Cc1cccc2c(C)cccc12.Cc1ccccc1.[Y]. The van der Waals surface area contributed by atoms with Gasteiger partial charge in [0.1, 0.15) is 38.6 Å². The Labute approximate surface area is 757 Å². The molecule has 17 heteroatoms. The monoisotopic (exact) mass is 1790 g/mol. The van der Waals surface area contributed by atoms with E-state index in [-0.39, 0.29) is 84.7 Å². The first-order valence-electron chi connectivity index (χ1n) is 39.1. The second kappa shape index (κ2) is 70.2. The Morgan fingerprint density at radius 3 is 0.967 bits per heavy atom. The van der Waals surface area contributed by atoms with Crippen LogP contribution in [0.1, 0.15) is 186 Å². The molecule has 0 bridgehead atoms. The number of ketones is 1. The molecule has 669 valence electrons. The fourth-order valence-corrected chi connectivity index (χ4v) is 10.1. The summed E-state index contributed by atoms with van der Waals surface area (Å²) in [5.74, 6) is 3.53. The van der Waals surface area contributed by atoms with E-state index in [0.717, 1.165) is 46.6 Å². The number of hydrogen-bond acceptors (Lipinski definition) is 7. The number of thioether (sulfide) groups is 1. The van der Waals surface area contributed by atoms with Gasteiger partial charge in [0.2, 0.25) is 0 Å². The number of benzene rings is 11. The number of carbonyl (C=O) groups excluding carboxylic acids is 1. The number of fused-ring (bicyclic) bond motifs is 2. The first-order valence-corrected chi connectivity index (χ1v) is 43.1. The maximum atomic E-state index is 11.6. The molecule has 0 aromatic heterocycles. The third-order valence-electron chi connectivity index (χ3n) is 15.7. The molecular formula is C104H144F8O6S2Y-2. The number of sulfone groups is 1. The molecule has 6 nitrogen and oxygen atoms in total. The van der Waals surface area contributed by atoms with E-state index in [1.807, 2.05) is 168 Å². The molecule has 0 saturated heterocycles. The van der Waals surface area contributed by atoms with E-state index in [4.69, 9.17) is 9.47 Å². The minimum absolute atomic E-state index is 0. The number of methoxy groups -OCH3 is 1. The second-order valence-electron chi connectivity index (χ2n) is 28.2. The normalized spacial score (nSPS) is 11.6. The van der Waals surface area contributed by atoms with Gasteiger partial charge in [-0.25, -0.2) is 8.42 Å². The van der Waals surface area contributed by atoms with Gasteiger partial charge in [0, 0.05) is 64.9 Å². The molecule has 0 fully saturated rings. The van der Waals surface area contributed by atoms with Gasteiger partial charge in [0.25, 0.3) is 0 Å². The van der Waals surface area contributed by atoms with Crippen LogP contribution in [0.3, 0.4) is 0 Å². The van der Waals surface area contributed by atoms with Crippen molar-refractivity contribution in [2.24, 2.45) is 5.41 Å². The minimum atomic E-state index is -5.24. The summed E-state index contributed by atoms with van der Waals surface area (Å²) in [5, 5.41) is 2.75. The number of carbonyl (C=O) groups is 1. The summed E-state index contributed by atoms with van der Waals surface area (Å²) in [7, 11) is 1.08. The predicted molar refractivity (Wildman–Crippen MR) is 507 cm³/mol. The zero-order chi connectivity index (χ0) is 91.3. The van der Waals surface area contributed by atoms with Gasteiger partial charge in [-0.05, 0) is 210 Å². The molecule has 0 amide bonds. The standard InChI is InChI=1S/C26H22O2.C19H22.C12H12.C7H8.2C7H7.C5H6F6.C3H6O.C3H8.C2H5F.C2H6O2S.C2H6O.C2H6S.2C2H6.CH3F.2CH4.Y/c1-19-5-3-7-25(17-19)27-23-13-9-21(10-14-23)22-11-15-24(16-12-22)28-26-8-4-6-20(2)18-26;1-14-9-11-15(12-10-14)19(4)13-18(2,3)16-7-5-6-8-17(16)19;1-9-5-3-8-12-10(2)6-4-7-11(9)12;3*1-7-5-3-2-4-6-7;1-3(2,4(6,7)8)5(9,10)11;1-3(2)4;1-3-2;1-2-3;1-5(2,3)4;2*1-3-2;3*1-2;;;/h3-18H,1-2H3;5-12H,13H2,1-4H3;3-8H,1-2H3;2-6H,1H3;2*3-6H,1H3;1-2H3;1-2H3;3H2,1-2H3;2H2,1H3;1-2H3;2*1-2H3;2*1-2H3;1H3;2*1H4;/q;;;;2*-1;;;;;;;;;;;;;. The van der Waals surface area contributed by atoms with E-state index in [2.05, 4.69) is 240 Å². The summed E-state index contributed by atoms with van der Waals surface area (Å²) in [6, 6.07) is 95.2. The first-order chi connectivity index (χ1) is 55.4. The van der Waals surface area contributed by atoms with Gasteiger partial charge in [0.15, 0.2) is 5.41 Å². The zero-order valence-electron chi connectivity index (χ0n) is 76.3. The van der Waals surface area contributed by atoms with Crippen molar-refractivity contribution in [3.8, 4) is 34.1 Å². The first kappa shape index (κ1) is 126. The Morgan fingerprint density at radius 2 is 0.711 bits per heavy atom. The maximum Gasteiger partial charge on any atom is 0.402 e. The van der Waals surface area contributed by atoms with Gasteiger partial charge < -0.3 is 19.0 Å². The molecule has 11 aromatic carbocycles. The Hall–Kier alpha value is -8.25. The van der Waals surface area contributed by atoms with Crippen molar-refractivity contribution in [3.05, 3.63) is 334 Å². The topological polar surface area (TPSA) is 78.9 Å². The van der Waals surface area contributed by atoms with E-state index in [0.29, 0.717) is 7.18 Å². The number of ether oxygens (including phenoxy) is 3. The number of Topliss-reactive ketones (excluding diaryl/α,β-unsaturated/α-hetero) is 1. The summed E-state index contributed by atoms with van der Waals surface area (Å²) < 4.78 is 125. The van der Waals surface area contributed by atoms with Crippen molar-refractivity contribution in [1.29, 1.82) is 0 Å². The number of alkyl halides is 8. The van der Waals surface area contributed by atoms with Crippen LogP contribution in [0.25, 0.3) is 21.9 Å². The molecule has 11 aromatic rings. The van der Waals surface area contributed by atoms with Crippen molar-refractivity contribution in [2.75, 3.05) is 53.1 Å². The van der Waals surface area contributed by atoms with E-state index in [1.165, 1.54) is 106 Å². The summed E-state index contributed by atoms with van der Waals surface area (Å²) in [6.07, 6.45) is -1.65. The number of aryl methyl sites for hydroxylation is 8. The van der Waals surface area contributed by atoms with Crippen LogP contribution >= 0.6 is 11.8 Å². The Balaban J connectivity index is -0.000000248. The quantitative estimate of drug-likeness (QED) is 0.121. The fourth-order valence-electron chi connectivity index (χ4n) is 10.1. The fraction of sp³-hybridized carbons (Fsp3) is 0.375. The molecule has 0 aliphatic heterocycles. The van der Waals surface area contributed by atoms with Crippen LogP contribution in [0.15, 0.2) is 261 Å². The van der Waals surface area contributed by atoms with Crippen molar-refractivity contribution in [3.63, 3.8) is 0 Å². The predicted octanol–water partition coefficient (Wildman–Crippen LogP) is 32.5. The van der Waals surface area contributed by atoms with Gasteiger partial charge in [-0.2, -0.15) is 110 Å². The number of hydrogen-bond donors (Lipinski definition) is 0. The Morgan fingerprint density at radius 1 is 0.446 bits per heavy atom. The van der Waals surface area contributed by atoms with Gasteiger partial charge in [-0.15, -0.1) is 0 Å². The Kier molecular flexibility index (Phi) is 73.0. The largest absolute Gasteiger partial charge is 0.457 e. The molecule has 121 heavy (non-hydrogen) atoms. The average Bonchev–Trinajstić information content (AvgIpc) is 1.58. The molecule has 1 aliphatic rings. The van der Waals surface area contributed by atoms with Crippen molar-refractivity contribution in [2.45, 2.75) is 203 Å². The van der Waals surface area contributed by atoms with Crippen LogP contribution in [-0.4, -0.2) is 79.6 Å². The van der Waals surface area contributed by atoms with Crippen molar-refractivity contribution >= 4 is 38.2 Å². The maximum absolute atomic E-state index is 11.6. The van der Waals surface area contributed by atoms with Gasteiger partial charge in [-0.1, -0.05) is 272 Å². The van der Waals surface area contributed by atoms with E-state index < -0.39 is 27.6 Å². The zero-order valence-corrected chi connectivity index (χ0v) is 80.8. The molecule has 0 spiro atoms. The van der Waals surface area contributed by atoms with Crippen LogP contribution in [-0.2, 0) is 62.9 Å². The van der Waals surface area contributed by atoms with Gasteiger partial charge in [0.05, 0.1) is 13.9 Å². The molecular weight excluding hydrogens is 1650 g/mol. The van der Waals surface area contributed by atoms with E-state index in [9.17, 15) is 48.3 Å². The molecule has 0 heterocycles. The van der Waals surface area contributed by atoms with E-state index in [1.54, 1.807) is 26.0 Å². The average molecular weight is 1800 g/mol. The third-order valence-corrected chi connectivity index (χ3v) is 15.7. The molecule has 0 saturated carbocycles. The van der Waals surface area contributed by atoms with Crippen LogP contribution in [0, 0.1) is 72.9 Å². The Bertz CT molecular complexity index is 4190. The molecule has 1 atom stereocenters. The van der Waals surface area contributed by atoms with E-state index >= 15 is 0 Å². The smallest absolute Gasteiger partial charge is 0.402 e. The van der Waals surface area contributed by atoms with Crippen LogP contribution in [0.2, 0.25) is 0 Å².